The summed E-state index contributed by atoms with van der Waals surface area (Å²) in [7, 11) is 0. The molecule has 2 aromatic carbocycles. The third kappa shape index (κ3) is 5.62. The molecule has 0 radical (unpaired) electrons. The maximum atomic E-state index is 12.3. The second-order valence-corrected chi connectivity index (χ2v) is 6.34. The number of carbonyl (C=O) groups is 2. The summed E-state index contributed by atoms with van der Waals surface area (Å²) in [6.45, 7) is 0.523. The number of thioether (sulfide) groups is 1. The van der Waals surface area contributed by atoms with Crippen LogP contribution < -0.4 is 11.1 Å². The van der Waals surface area contributed by atoms with E-state index in [1.165, 1.54) is 11.8 Å². The van der Waals surface area contributed by atoms with Gasteiger partial charge in [0.05, 0.1) is 11.3 Å². The molecule has 120 valence electrons. The van der Waals surface area contributed by atoms with Gasteiger partial charge in [-0.2, -0.15) is 0 Å². The molecule has 4 nitrogen and oxygen atoms in total. The third-order valence-corrected chi connectivity index (χ3v) is 4.46. The summed E-state index contributed by atoms with van der Waals surface area (Å²) in [4.78, 5) is 23.9. The van der Waals surface area contributed by atoms with E-state index in [9.17, 15) is 9.59 Å². The fraction of sp³-hybridized carbons (Fsp3) is 0.176. The van der Waals surface area contributed by atoms with E-state index in [0.29, 0.717) is 17.1 Å². The van der Waals surface area contributed by atoms with Gasteiger partial charge >= 0.3 is 0 Å². The highest BCUT2D eigenvalue weighted by molar-refractivity contribution is 8.00. The Kier molecular flexibility index (Phi) is 6.50. The van der Waals surface area contributed by atoms with Crippen LogP contribution in [0.1, 0.15) is 15.9 Å². The minimum absolute atomic E-state index is 0.148. The average molecular weight is 349 g/mol. The Morgan fingerprint density at radius 2 is 1.78 bits per heavy atom. The van der Waals surface area contributed by atoms with E-state index >= 15 is 0 Å². The highest BCUT2D eigenvalue weighted by atomic mass is 35.5. The van der Waals surface area contributed by atoms with Crippen molar-refractivity contribution in [2.75, 3.05) is 12.3 Å². The molecule has 0 unspecified atom stereocenters. The van der Waals surface area contributed by atoms with Crippen molar-refractivity contribution in [3.8, 4) is 0 Å². The van der Waals surface area contributed by atoms with Gasteiger partial charge in [-0.1, -0.05) is 35.9 Å². The van der Waals surface area contributed by atoms with Gasteiger partial charge in [-0.25, -0.2) is 0 Å². The molecule has 3 N–H and O–H groups in total. The van der Waals surface area contributed by atoms with Crippen LogP contribution in [0, 0.1) is 0 Å². The Balaban J connectivity index is 1.92. The number of primary amides is 1. The molecule has 0 saturated heterocycles. The predicted octanol–water partition coefficient (Wildman–Crippen LogP) is 2.89. The first-order chi connectivity index (χ1) is 11.1. The molecule has 0 fully saturated rings. The zero-order valence-electron chi connectivity index (χ0n) is 12.4. The van der Waals surface area contributed by atoms with Crippen LogP contribution in [-0.4, -0.2) is 24.1 Å². The Morgan fingerprint density at radius 3 is 2.48 bits per heavy atom. The molecule has 2 rings (SSSR count). The lowest BCUT2D eigenvalue weighted by Crippen LogP contribution is -2.26. The van der Waals surface area contributed by atoms with Gasteiger partial charge in [-0.3, -0.25) is 9.59 Å². The summed E-state index contributed by atoms with van der Waals surface area (Å²) < 4.78 is 0. The summed E-state index contributed by atoms with van der Waals surface area (Å²) >= 11 is 7.11. The highest BCUT2D eigenvalue weighted by Crippen LogP contribution is 2.22. The number of benzene rings is 2. The number of nitrogens with two attached hydrogens (primary N) is 1. The topological polar surface area (TPSA) is 72.2 Å². The van der Waals surface area contributed by atoms with Crippen LogP contribution in [0.25, 0.3) is 0 Å². The molecule has 23 heavy (non-hydrogen) atoms. The lowest BCUT2D eigenvalue weighted by molar-refractivity contribution is -0.115. The maximum Gasteiger partial charge on any atom is 0.252 e. The first kappa shape index (κ1) is 17.4. The molecule has 0 aromatic heterocycles. The van der Waals surface area contributed by atoms with E-state index in [4.69, 9.17) is 17.3 Å². The Hall–Kier alpha value is -1.98. The molecule has 0 bridgehead atoms. The summed E-state index contributed by atoms with van der Waals surface area (Å²) in [5, 5.41) is 3.58. The van der Waals surface area contributed by atoms with Crippen LogP contribution in [0.5, 0.6) is 0 Å². The SMILES string of the molecule is NC(=O)CSc1ccccc1C(=O)NCCc1ccc(Cl)cc1. The molecule has 2 amide bonds. The van der Waals surface area contributed by atoms with E-state index in [1.807, 2.05) is 36.4 Å². The van der Waals surface area contributed by atoms with Crippen molar-refractivity contribution in [1.29, 1.82) is 0 Å². The lowest BCUT2D eigenvalue weighted by atomic mass is 10.1. The zero-order valence-corrected chi connectivity index (χ0v) is 14.0. The van der Waals surface area contributed by atoms with E-state index in [2.05, 4.69) is 5.32 Å². The van der Waals surface area contributed by atoms with Gasteiger partial charge in [0.15, 0.2) is 0 Å². The predicted molar refractivity (Wildman–Crippen MR) is 93.8 cm³/mol. The Morgan fingerprint density at radius 1 is 1.09 bits per heavy atom. The molecular weight excluding hydrogens is 332 g/mol. The third-order valence-electron chi connectivity index (χ3n) is 3.11. The Bertz CT molecular complexity index is 689. The van der Waals surface area contributed by atoms with Crippen LogP contribution in [0.2, 0.25) is 5.02 Å². The normalized spacial score (nSPS) is 10.3. The minimum atomic E-state index is -0.409. The number of nitrogens with one attached hydrogen (secondary N) is 1. The second-order valence-electron chi connectivity index (χ2n) is 4.88. The molecule has 0 spiro atoms. The number of halogens is 1. The standard InChI is InChI=1S/C17H17ClN2O2S/c18-13-7-5-12(6-8-13)9-10-20-17(22)14-3-1-2-4-15(14)23-11-16(19)21/h1-8H,9-11H2,(H2,19,21)(H,20,22). The molecule has 0 aliphatic heterocycles. The number of amides is 2. The first-order valence-corrected chi connectivity index (χ1v) is 8.45. The fourth-order valence-electron chi connectivity index (χ4n) is 2.00. The number of carbonyl (C=O) groups excluding carboxylic acids is 2. The van der Waals surface area contributed by atoms with Gasteiger partial charge in [-0.15, -0.1) is 11.8 Å². The maximum absolute atomic E-state index is 12.3. The first-order valence-electron chi connectivity index (χ1n) is 7.09. The molecule has 2 aromatic rings. The van der Waals surface area contributed by atoms with Crippen molar-refractivity contribution in [1.82, 2.24) is 5.32 Å². The van der Waals surface area contributed by atoms with Crippen LogP contribution in [0.3, 0.4) is 0 Å². The molecule has 0 heterocycles. The van der Waals surface area contributed by atoms with Gasteiger partial charge in [0.2, 0.25) is 5.91 Å². The van der Waals surface area contributed by atoms with E-state index in [-0.39, 0.29) is 11.7 Å². The van der Waals surface area contributed by atoms with Crippen LogP contribution >= 0.6 is 23.4 Å². The minimum Gasteiger partial charge on any atom is -0.369 e. The van der Waals surface area contributed by atoms with Gasteiger partial charge in [-0.05, 0) is 36.2 Å². The fourth-order valence-corrected chi connectivity index (χ4v) is 2.91. The van der Waals surface area contributed by atoms with E-state index in [1.54, 1.807) is 12.1 Å². The summed E-state index contributed by atoms with van der Waals surface area (Å²) in [5.41, 5.74) is 6.81. The van der Waals surface area contributed by atoms with Crippen molar-refractivity contribution in [2.45, 2.75) is 11.3 Å². The van der Waals surface area contributed by atoms with Gasteiger partial charge < -0.3 is 11.1 Å². The largest absolute Gasteiger partial charge is 0.369 e. The van der Waals surface area contributed by atoms with Crippen LogP contribution in [-0.2, 0) is 11.2 Å². The number of hydrogen-bond donors (Lipinski definition) is 2. The molecule has 0 atom stereocenters. The average Bonchev–Trinajstić information content (AvgIpc) is 2.55. The second kappa shape index (κ2) is 8.60. The molecule has 0 aliphatic carbocycles. The zero-order chi connectivity index (χ0) is 16.7. The molecule has 6 heteroatoms. The smallest absolute Gasteiger partial charge is 0.252 e. The van der Waals surface area contributed by atoms with Crippen molar-refractivity contribution >= 4 is 35.2 Å². The van der Waals surface area contributed by atoms with E-state index < -0.39 is 5.91 Å². The summed E-state index contributed by atoms with van der Waals surface area (Å²) in [5.74, 6) is -0.422. The number of rotatable bonds is 7. The van der Waals surface area contributed by atoms with Crippen molar-refractivity contribution < 1.29 is 9.59 Å². The van der Waals surface area contributed by atoms with Gasteiger partial charge in [0.1, 0.15) is 0 Å². The Labute approximate surface area is 144 Å². The molecular formula is C17H17ClN2O2S. The number of hydrogen-bond acceptors (Lipinski definition) is 3. The van der Waals surface area contributed by atoms with Gasteiger partial charge in [0, 0.05) is 16.5 Å². The molecule has 0 saturated carbocycles. The summed E-state index contributed by atoms with van der Waals surface area (Å²) in [6, 6.07) is 14.7. The van der Waals surface area contributed by atoms with Crippen LogP contribution in [0.4, 0.5) is 0 Å². The van der Waals surface area contributed by atoms with Crippen molar-refractivity contribution in [3.05, 3.63) is 64.7 Å². The van der Waals surface area contributed by atoms with Crippen molar-refractivity contribution in [3.63, 3.8) is 0 Å². The molecule has 0 aliphatic rings. The monoisotopic (exact) mass is 348 g/mol. The van der Waals surface area contributed by atoms with Crippen LogP contribution in [0.15, 0.2) is 53.4 Å². The summed E-state index contributed by atoms with van der Waals surface area (Å²) in [6.07, 6.45) is 0.722. The lowest BCUT2D eigenvalue weighted by Gasteiger charge is -2.09. The van der Waals surface area contributed by atoms with E-state index in [0.717, 1.165) is 16.9 Å². The van der Waals surface area contributed by atoms with Gasteiger partial charge in [0.25, 0.3) is 5.91 Å². The quantitative estimate of drug-likeness (QED) is 0.756. The highest BCUT2D eigenvalue weighted by Gasteiger charge is 2.11. The van der Waals surface area contributed by atoms with Crippen molar-refractivity contribution in [2.24, 2.45) is 5.73 Å².